The summed E-state index contributed by atoms with van der Waals surface area (Å²) in [6, 6.07) is 2.92. The van der Waals surface area contributed by atoms with Crippen LogP contribution in [0.2, 0.25) is 18.1 Å². The predicted molar refractivity (Wildman–Crippen MR) is 94.1 cm³/mol. The van der Waals surface area contributed by atoms with Gasteiger partial charge in [0.15, 0.2) is 5.92 Å². The normalized spacial score (nSPS) is 12.0. The number of rotatable bonds is 10. The Bertz CT molecular complexity index is 443. The Morgan fingerprint density at radius 1 is 0.875 bits per heavy atom. The highest BCUT2D eigenvalue weighted by atomic mass is 28.3. The molecule has 24 heavy (non-hydrogen) atoms. The highest BCUT2D eigenvalue weighted by molar-refractivity contribution is 6.86. The summed E-state index contributed by atoms with van der Waals surface area (Å²) in [5.41, 5.74) is 0. The number of carbonyl (C=O) groups is 3. The highest BCUT2D eigenvalue weighted by Gasteiger charge is 2.37. The molecular weight excluding hydrogens is 328 g/mol. The SMILES string of the molecule is CC[Si](CC)(CC)/C(=C/CC(=O)OC)CC(C(=O)OC)C(=O)OC. The van der Waals surface area contributed by atoms with E-state index in [0.717, 1.165) is 23.3 Å². The molecule has 0 unspecified atom stereocenters. The lowest BCUT2D eigenvalue weighted by Gasteiger charge is -2.33. The summed E-state index contributed by atoms with van der Waals surface area (Å²) in [7, 11) is 1.97. The smallest absolute Gasteiger partial charge is 0.320 e. The Hall–Kier alpha value is -1.63. The molecule has 0 aliphatic rings. The molecule has 138 valence electrons. The Morgan fingerprint density at radius 2 is 1.33 bits per heavy atom. The van der Waals surface area contributed by atoms with Crippen LogP contribution < -0.4 is 0 Å². The van der Waals surface area contributed by atoms with E-state index >= 15 is 0 Å². The first kappa shape index (κ1) is 22.4. The number of allylic oxidation sites excluding steroid dienone is 1. The van der Waals surface area contributed by atoms with Gasteiger partial charge in [-0.25, -0.2) is 0 Å². The van der Waals surface area contributed by atoms with Crippen LogP contribution in [-0.2, 0) is 28.6 Å². The molecule has 0 saturated heterocycles. The maximum Gasteiger partial charge on any atom is 0.320 e. The van der Waals surface area contributed by atoms with Gasteiger partial charge in [-0.2, -0.15) is 0 Å². The molecule has 0 N–H and O–H groups in total. The zero-order valence-corrected chi connectivity index (χ0v) is 16.6. The summed E-state index contributed by atoms with van der Waals surface area (Å²) in [5.74, 6) is -2.57. The molecule has 0 saturated carbocycles. The van der Waals surface area contributed by atoms with E-state index in [9.17, 15) is 14.4 Å². The Labute approximate surface area is 145 Å². The first-order valence-electron chi connectivity index (χ1n) is 8.27. The predicted octanol–water partition coefficient (Wildman–Crippen LogP) is 2.88. The van der Waals surface area contributed by atoms with Crippen LogP contribution in [0.5, 0.6) is 0 Å². The summed E-state index contributed by atoms with van der Waals surface area (Å²) in [5, 5.41) is 1.03. The van der Waals surface area contributed by atoms with E-state index in [1.54, 1.807) is 0 Å². The van der Waals surface area contributed by atoms with Gasteiger partial charge in [-0.3, -0.25) is 14.4 Å². The first-order valence-corrected chi connectivity index (χ1v) is 10.9. The van der Waals surface area contributed by atoms with E-state index in [2.05, 4.69) is 20.8 Å². The number of esters is 3. The monoisotopic (exact) mass is 358 g/mol. The molecule has 0 fully saturated rings. The van der Waals surface area contributed by atoms with E-state index in [0.29, 0.717) is 0 Å². The fourth-order valence-electron chi connectivity index (χ4n) is 3.00. The van der Waals surface area contributed by atoms with Crippen LogP contribution in [0.4, 0.5) is 0 Å². The maximum atomic E-state index is 12.0. The van der Waals surface area contributed by atoms with Crippen molar-refractivity contribution >= 4 is 26.0 Å². The number of carbonyl (C=O) groups excluding carboxylic acids is 3. The van der Waals surface area contributed by atoms with Gasteiger partial charge in [-0.1, -0.05) is 50.2 Å². The molecule has 0 rings (SSSR count). The van der Waals surface area contributed by atoms with Crippen LogP contribution in [0, 0.1) is 5.92 Å². The average Bonchev–Trinajstić information content (AvgIpc) is 2.63. The molecule has 7 heteroatoms. The lowest BCUT2D eigenvalue weighted by atomic mass is 10.1. The van der Waals surface area contributed by atoms with Crippen molar-refractivity contribution in [3.63, 3.8) is 0 Å². The van der Waals surface area contributed by atoms with E-state index in [-0.39, 0.29) is 18.8 Å². The third-order valence-electron chi connectivity index (χ3n) is 4.85. The van der Waals surface area contributed by atoms with Crippen molar-refractivity contribution in [1.82, 2.24) is 0 Å². The molecular formula is C17H30O6Si. The van der Waals surface area contributed by atoms with E-state index in [1.165, 1.54) is 21.3 Å². The van der Waals surface area contributed by atoms with Crippen molar-refractivity contribution in [2.75, 3.05) is 21.3 Å². The number of ether oxygens (including phenoxy) is 3. The number of hydrogen-bond acceptors (Lipinski definition) is 6. The van der Waals surface area contributed by atoms with Gasteiger partial charge in [0.25, 0.3) is 0 Å². The van der Waals surface area contributed by atoms with Crippen LogP contribution >= 0.6 is 0 Å². The van der Waals surface area contributed by atoms with E-state index in [1.807, 2.05) is 6.08 Å². The molecule has 0 aromatic rings. The molecule has 0 aromatic heterocycles. The maximum absolute atomic E-state index is 12.0. The second kappa shape index (κ2) is 11.0. The summed E-state index contributed by atoms with van der Waals surface area (Å²) < 4.78 is 14.2. The Morgan fingerprint density at radius 3 is 1.67 bits per heavy atom. The van der Waals surface area contributed by atoms with Crippen molar-refractivity contribution in [1.29, 1.82) is 0 Å². The van der Waals surface area contributed by atoms with Crippen molar-refractivity contribution in [2.24, 2.45) is 5.92 Å². The summed E-state index contributed by atoms with van der Waals surface area (Å²) in [4.78, 5) is 35.6. The molecule has 0 bridgehead atoms. The fourth-order valence-corrected chi connectivity index (χ4v) is 7.04. The second-order valence-corrected chi connectivity index (χ2v) is 11.0. The lowest BCUT2D eigenvalue weighted by molar-refractivity contribution is -0.158. The summed E-state index contributed by atoms with van der Waals surface area (Å²) >= 11 is 0. The molecule has 0 atom stereocenters. The van der Waals surface area contributed by atoms with Crippen LogP contribution in [0.1, 0.15) is 33.6 Å². The minimum absolute atomic E-state index is 0.135. The minimum atomic E-state index is -1.87. The second-order valence-electron chi connectivity index (χ2n) is 5.65. The average molecular weight is 359 g/mol. The van der Waals surface area contributed by atoms with Gasteiger partial charge >= 0.3 is 17.9 Å². The van der Waals surface area contributed by atoms with E-state index in [4.69, 9.17) is 14.2 Å². The Balaban J connectivity index is 5.78. The van der Waals surface area contributed by atoms with Crippen LogP contribution in [-0.4, -0.2) is 47.3 Å². The largest absolute Gasteiger partial charge is 0.469 e. The van der Waals surface area contributed by atoms with Gasteiger partial charge < -0.3 is 14.2 Å². The van der Waals surface area contributed by atoms with Crippen molar-refractivity contribution < 1.29 is 28.6 Å². The van der Waals surface area contributed by atoms with Crippen LogP contribution in [0.3, 0.4) is 0 Å². The standard InChI is InChI=1S/C17H30O6Si/c1-7-24(8-2,9-3)13(10-11-15(18)21-4)12-14(16(19)22-5)17(20)23-6/h10,14H,7-9,11-12H2,1-6H3/b13-10+. The van der Waals surface area contributed by atoms with Gasteiger partial charge in [0.2, 0.25) is 0 Å². The molecule has 0 radical (unpaired) electrons. The summed E-state index contributed by atoms with van der Waals surface area (Å²) in [6.45, 7) is 6.36. The molecule has 0 aromatic carbocycles. The van der Waals surface area contributed by atoms with Crippen LogP contribution in [0.25, 0.3) is 0 Å². The van der Waals surface area contributed by atoms with Gasteiger partial charge in [0, 0.05) is 0 Å². The quantitative estimate of drug-likeness (QED) is 0.259. The third-order valence-corrected chi connectivity index (χ3v) is 10.7. The van der Waals surface area contributed by atoms with Gasteiger partial charge in [-0.15, -0.1) is 0 Å². The molecule has 0 spiro atoms. The molecule has 0 aliphatic heterocycles. The van der Waals surface area contributed by atoms with Crippen molar-refractivity contribution in [3.05, 3.63) is 11.3 Å². The minimum Gasteiger partial charge on any atom is -0.469 e. The Kier molecular flexibility index (Phi) is 10.3. The lowest BCUT2D eigenvalue weighted by Crippen LogP contribution is -2.38. The molecule has 0 aliphatic carbocycles. The topological polar surface area (TPSA) is 78.9 Å². The zero-order chi connectivity index (χ0) is 18.8. The van der Waals surface area contributed by atoms with Crippen LogP contribution in [0.15, 0.2) is 11.3 Å². The molecule has 0 heterocycles. The number of hydrogen-bond donors (Lipinski definition) is 0. The van der Waals surface area contributed by atoms with Crippen molar-refractivity contribution in [3.8, 4) is 0 Å². The van der Waals surface area contributed by atoms with E-state index < -0.39 is 25.9 Å². The fraction of sp³-hybridized carbons (Fsp3) is 0.706. The highest BCUT2D eigenvalue weighted by Crippen LogP contribution is 2.33. The molecule has 6 nitrogen and oxygen atoms in total. The van der Waals surface area contributed by atoms with Gasteiger partial charge in [-0.05, 0) is 6.42 Å². The van der Waals surface area contributed by atoms with Gasteiger partial charge in [0.1, 0.15) is 0 Å². The van der Waals surface area contributed by atoms with Gasteiger partial charge in [0.05, 0.1) is 35.8 Å². The summed E-state index contributed by atoms with van der Waals surface area (Å²) in [6.07, 6.45) is 2.21. The van der Waals surface area contributed by atoms with Crippen molar-refractivity contribution in [2.45, 2.75) is 51.7 Å². The third kappa shape index (κ3) is 5.78. The number of methoxy groups -OCH3 is 3. The zero-order valence-electron chi connectivity index (χ0n) is 15.6. The molecule has 0 amide bonds. The first-order chi connectivity index (χ1) is 11.3.